The van der Waals surface area contributed by atoms with Crippen molar-refractivity contribution in [3.8, 4) is 0 Å². The topological polar surface area (TPSA) is 150 Å². The number of anilines is 1. The van der Waals surface area contributed by atoms with Gasteiger partial charge >= 0.3 is 0 Å². The zero-order chi connectivity index (χ0) is 26.7. The van der Waals surface area contributed by atoms with Crippen molar-refractivity contribution in [3.05, 3.63) is 81.3 Å². The number of aryl methyl sites for hydroxylation is 2. The van der Waals surface area contributed by atoms with Gasteiger partial charge in [0.1, 0.15) is 11.6 Å². The van der Waals surface area contributed by atoms with Crippen LogP contribution in [-0.2, 0) is 13.1 Å². The van der Waals surface area contributed by atoms with Crippen molar-refractivity contribution >= 4 is 46.4 Å². The number of nitrogens with two attached hydrogens (primary N) is 3. The normalized spacial score (nSPS) is 12.4. The molecule has 4 rings (SSSR count). The van der Waals surface area contributed by atoms with Gasteiger partial charge in [-0.2, -0.15) is 0 Å². The van der Waals surface area contributed by atoms with E-state index in [1.165, 1.54) is 6.34 Å². The lowest BCUT2D eigenvalue weighted by molar-refractivity contribution is 0.0949. The van der Waals surface area contributed by atoms with Crippen LogP contribution in [0, 0.1) is 13.8 Å². The number of carbonyl (C=O) groups excluding carboxylic acids is 1. The lowest BCUT2D eigenvalue weighted by Crippen LogP contribution is -2.26. The zero-order valence-corrected chi connectivity index (χ0v) is 21.9. The largest absolute Gasteiger partial charge is 0.390 e. The molecule has 3 aromatic heterocycles. The molecule has 0 saturated carbocycles. The number of amides is 1. The molecule has 1 amide bonds. The number of pyridine rings is 2. The lowest BCUT2D eigenvalue weighted by Gasteiger charge is -2.14. The number of nitrogens with one attached hydrogen (secondary N) is 1. The number of halogens is 1. The average molecular weight is 519 g/mol. The molecule has 1 atom stereocenters. The monoisotopic (exact) mass is 518 g/mol. The van der Waals surface area contributed by atoms with Gasteiger partial charge in [0.25, 0.3) is 5.91 Å². The minimum atomic E-state index is -0.401. The van der Waals surface area contributed by atoms with Crippen LogP contribution in [0.5, 0.6) is 0 Å². The van der Waals surface area contributed by atoms with E-state index in [2.05, 4.69) is 20.3 Å². The summed E-state index contributed by atoms with van der Waals surface area (Å²) in [6.07, 6.45) is 5.24. The van der Waals surface area contributed by atoms with Crippen molar-refractivity contribution in [2.45, 2.75) is 46.3 Å². The van der Waals surface area contributed by atoms with Crippen LogP contribution in [0.1, 0.15) is 57.7 Å². The number of nitrogens with zero attached hydrogens (tertiary/aromatic N) is 4. The Bertz CT molecular complexity index is 1470. The second-order valence-electron chi connectivity index (χ2n) is 8.99. The van der Waals surface area contributed by atoms with E-state index in [1.54, 1.807) is 18.5 Å². The van der Waals surface area contributed by atoms with Crippen LogP contribution in [0.25, 0.3) is 10.9 Å². The molecule has 1 unspecified atom stereocenters. The van der Waals surface area contributed by atoms with E-state index in [-0.39, 0.29) is 5.91 Å². The maximum Gasteiger partial charge on any atom is 0.253 e. The highest BCUT2D eigenvalue weighted by Crippen LogP contribution is 2.33. The van der Waals surface area contributed by atoms with Crippen LogP contribution >= 0.6 is 11.6 Å². The van der Waals surface area contributed by atoms with E-state index in [1.807, 2.05) is 49.6 Å². The van der Waals surface area contributed by atoms with Gasteiger partial charge in [0.15, 0.2) is 0 Å². The molecule has 0 saturated heterocycles. The van der Waals surface area contributed by atoms with Crippen molar-refractivity contribution in [2.75, 3.05) is 5.73 Å². The first-order chi connectivity index (χ1) is 17.7. The van der Waals surface area contributed by atoms with Crippen LogP contribution in [0.15, 0.2) is 47.7 Å². The third kappa shape index (κ3) is 5.58. The number of aromatic nitrogens is 3. The van der Waals surface area contributed by atoms with E-state index in [0.717, 1.165) is 33.3 Å². The number of fused-ring (bicyclic) bond motifs is 1. The first kappa shape index (κ1) is 26.1. The number of carbonyl (C=O) groups is 1. The van der Waals surface area contributed by atoms with Crippen molar-refractivity contribution < 1.29 is 4.79 Å². The van der Waals surface area contributed by atoms with E-state index in [0.29, 0.717) is 47.3 Å². The highest BCUT2D eigenvalue weighted by molar-refractivity contribution is 6.31. The zero-order valence-electron chi connectivity index (χ0n) is 21.1. The number of hydrogen-bond donors (Lipinski definition) is 4. The molecule has 0 aliphatic heterocycles. The fourth-order valence-electron chi connectivity index (χ4n) is 4.52. The summed E-state index contributed by atoms with van der Waals surface area (Å²) >= 11 is 6.14. The molecule has 7 N–H and O–H groups in total. The average Bonchev–Trinajstić information content (AvgIpc) is 3.20. The second kappa shape index (κ2) is 11.0. The lowest BCUT2D eigenvalue weighted by atomic mass is 10.0. The van der Waals surface area contributed by atoms with E-state index in [9.17, 15) is 4.79 Å². The van der Waals surface area contributed by atoms with E-state index in [4.69, 9.17) is 28.8 Å². The minimum Gasteiger partial charge on any atom is -0.390 e. The fourth-order valence-corrected chi connectivity index (χ4v) is 4.68. The highest BCUT2D eigenvalue weighted by atomic mass is 35.5. The quantitative estimate of drug-likeness (QED) is 0.202. The first-order valence-electron chi connectivity index (χ1n) is 12.0. The Kier molecular flexibility index (Phi) is 7.75. The minimum absolute atomic E-state index is 0.253. The summed E-state index contributed by atoms with van der Waals surface area (Å²) in [5.74, 6) is 0.749. The second-order valence-corrected chi connectivity index (χ2v) is 9.43. The van der Waals surface area contributed by atoms with Gasteiger partial charge in [-0.1, -0.05) is 24.6 Å². The van der Waals surface area contributed by atoms with Gasteiger partial charge in [0, 0.05) is 48.2 Å². The summed E-state index contributed by atoms with van der Waals surface area (Å²) in [5, 5.41) is 4.51. The Morgan fingerprint density at radius 3 is 2.76 bits per heavy atom. The summed E-state index contributed by atoms with van der Waals surface area (Å²) < 4.78 is 1.89. The molecular formula is C27H31ClN8O. The Morgan fingerprint density at radius 2 is 2.05 bits per heavy atom. The van der Waals surface area contributed by atoms with E-state index >= 15 is 0 Å². The molecule has 37 heavy (non-hydrogen) atoms. The molecule has 1 aromatic carbocycles. The van der Waals surface area contributed by atoms with Crippen molar-refractivity contribution in [2.24, 2.45) is 16.5 Å². The molecule has 4 aromatic rings. The maximum absolute atomic E-state index is 13.5. The molecule has 10 heteroatoms. The number of benzene rings is 1. The molecule has 0 bridgehead atoms. The van der Waals surface area contributed by atoms with Crippen molar-refractivity contribution in [1.82, 2.24) is 19.9 Å². The van der Waals surface area contributed by atoms with Crippen molar-refractivity contribution in [1.29, 1.82) is 0 Å². The fraction of sp³-hybridized carbons (Fsp3) is 0.259. The molecule has 0 aliphatic carbocycles. The summed E-state index contributed by atoms with van der Waals surface area (Å²) in [6, 6.07) is 9.20. The van der Waals surface area contributed by atoms with Crippen LogP contribution in [0.4, 0.5) is 11.6 Å². The Hall–Kier alpha value is -3.95. The summed E-state index contributed by atoms with van der Waals surface area (Å²) in [4.78, 5) is 26.5. The maximum atomic E-state index is 13.5. The molecule has 0 fully saturated rings. The predicted molar refractivity (Wildman–Crippen MR) is 149 cm³/mol. The van der Waals surface area contributed by atoms with Gasteiger partial charge < -0.3 is 27.1 Å². The number of rotatable bonds is 8. The summed E-state index contributed by atoms with van der Waals surface area (Å²) in [7, 11) is 0. The Morgan fingerprint density at radius 1 is 1.27 bits per heavy atom. The number of aliphatic imine (C=N–C) groups is 1. The van der Waals surface area contributed by atoms with Gasteiger partial charge in [0.2, 0.25) is 0 Å². The molecule has 192 valence electrons. The standard InChI is InChI=1S/C27H31ClN8O/c1-4-22(30)25-21(27(37)33-11-20-15(2)7-24(31)35-16(20)3)13-36(26(25)34-14-29)12-17-5-6-23-18(8-17)9-19(28)10-32-23/h5-10,13-14,22H,4,11-12,30H2,1-3H3,(H2,29,34)(H2,31,35)(H,33,37). The third-order valence-corrected chi connectivity index (χ3v) is 6.61. The number of hydrogen-bond acceptors (Lipinski definition) is 6. The van der Waals surface area contributed by atoms with E-state index < -0.39 is 6.04 Å². The molecule has 3 heterocycles. The van der Waals surface area contributed by atoms with Gasteiger partial charge in [-0.3, -0.25) is 9.78 Å². The van der Waals surface area contributed by atoms with Gasteiger partial charge in [-0.05, 0) is 61.2 Å². The molecule has 0 radical (unpaired) electrons. The highest BCUT2D eigenvalue weighted by Gasteiger charge is 2.25. The van der Waals surface area contributed by atoms with Crippen LogP contribution in [-0.4, -0.2) is 26.8 Å². The van der Waals surface area contributed by atoms with Gasteiger partial charge in [-0.25, -0.2) is 9.98 Å². The SMILES string of the molecule is CCC(N)c1c(C(=O)NCc2c(C)cc(N)nc2C)cn(Cc2ccc3ncc(Cl)cc3c2)c1/N=C\N. The summed E-state index contributed by atoms with van der Waals surface area (Å²) in [6.45, 7) is 6.55. The van der Waals surface area contributed by atoms with Crippen LogP contribution in [0.3, 0.4) is 0 Å². The number of nitrogen functional groups attached to an aromatic ring is 1. The third-order valence-electron chi connectivity index (χ3n) is 6.41. The predicted octanol–water partition coefficient (Wildman–Crippen LogP) is 4.29. The Labute approximate surface area is 220 Å². The smallest absolute Gasteiger partial charge is 0.253 e. The van der Waals surface area contributed by atoms with Crippen LogP contribution < -0.4 is 22.5 Å². The van der Waals surface area contributed by atoms with Crippen LogP contribution in [0.2, 0.25) is 5.02 Å². The molecular weight excluding hydrogens is 488 g/mol. The molecule has 0 spiro atoms. The molecule has 0 aliphatic rings. The van der Waals surface area contributed by atoms with Crippen molar-refractivity contribution in [3.63, 3.8) is 0 Å². The van der Waals surface area contributed by atoms with Gasteiger partial charge in [0.05, 0.1) is 22.4 Å². The Balaban J connectivity index is 1.70. The summed E-state index contributed by atoms with van der Waals surface area (Å²) in [5.41, 5.74) is 23.6. The molecule has 9 nitrogen and oxygen atoms in total. The first-order valence-corrected chi connectivity index (χ1v) is 12.4. The van der Waals surface area contributed by atoms with Gasteiger partial charge in [-0.15, -0.1) is 0 Å².